The predicted octanol–water partition coefficient (Wildman–Crippen LogP) is 3.25. The summed E-state index contributed by atoms with van der Waals surface area (Å²) < 4.78 is 16.1. The van der Waals surface area contributed by atoms with Crippen LogP contribution in [0, 0.1) is 5.82 Å². The zero-order chi connectivity index (χ0) is 19.8. The molecule has 0 aliphatic carbocycles. The Morgan fingerprint density at radius 2 is 1.97 bits per heavy atom. The van der Waals surface area contributed by atoms with Crippen LogP contribution in [0.4, 0.5) is 10.2 Å². The van der Waals surface area contributed by atoms with Gasteiger partial charge in [-0.05, 0) is 49.4 Å². The van der Waals surface area contributed by atoms with Gasteiger partial charge in [0.15, 0.2) is 0 Å². The van der Waals surface area contributed by atoms with Gasteiger partial charge in [0.25, 0.3) is 0 Å². The second-order valence-electron chi connectivity index (χ2n) is 8.22. The third-order valence-corrected chi connectivity index (χ3v) is 6.17. The molecule has 2 aromatic heterocycles. The van der Waals surface area contributed by atoms with Crippen LogP contribution < -0.4 is 10.2 Å². The van der Waals surface area contributed by atoms with E-state index in [9.17, 15) is 4.39 Å². The molecule has 1 unspecified atom stereocenters. The van der Waals surface area contributed by atoms with Crippen LogP contribution in [0.15, 0.2) is 49.3 Å². The lowest BCUT2D eigenvalue weighted by atomic mass is 9.98. The Morgan fingerprint density at radius 1 is 1.14 bits per heavy atom. The van der Waals surface area contributed by atoms with E-state index in [2.05, 4.69) is 32.2 Å². The number of hydrogen-bond donors (Lipinski definition) is 1. The third-order valence-electron chi connectivity index (χ3n) is 6.17. The molecule has 6 nitrogen and oxygen atoms in total. The molecule has 3 aromatic rings. The van der Waals surface area contributed by atoms with Gasteiger partial charge in [-0.2, -0.15) is 0 Å². The van der Waals surface area contributed by atoms with E-state index in [4.69, 9.17) is 0 Å². The number of nitrogens with one attached hydrogen (secondary N) is 1. The first-order valence-electron chi connectivity index (χ1n) is 10.2. The molecule has 4 heterocycles. The molecule has 0 saturated carbocycles. The largest absolute Gasteiger partial charge is 0.355 e. The maximum absolute atomic E-state index is 14.2. The van der Waals surface area contributed by atoms with Crippen LogP contribution in [0.1, 0.15) is 31.2 Å². The highest BCUT2D eigenvalue weighted by molar-refractivity contribution is 5.60. The molecule has 150 valence electrons. The van der Waals surface area contributed by atoms with Crippen molar-refractivity contribution >= 4 is 5.82 Å². The highest BCUT2D eigenvalue weighted by atomic mass is 19.1. The number of imidazole rings is 1. The lowest BCUT2D eigenvalue weighted by Gasteiger charge is -2.36. The normalized spacial score (nSPS) is 23.3. The maximum atomic E-state index is 14.2. The van der Waals surface area contributed by atoms with Crippen molar-refractivity contribution in [3.63, 3.8) is 0 Å². The van der Waals surface area contributed by atoms with E-state index in [1.165, 1.54) is 18.9 Å². The summed E-state index contributed by atoms with van der Waals surface area (Å²) in [6.45, 7) is 0.567. The number of aromatic nitrogens is 4. The zero-order valence-electron chi connectivity index (χ0n) is 16.5. The Kier molecular flexibility index (Phi) is 4.75. The van der Waals surface area contributed by atoms with Crippen molar-refractivity contribution < 1.29 is 4.39 Å². The predicted molar refractivity (Wildman–Crippen MR) is 110 cm³/mol. The van der Waals surface area contributed by atoms with E-state index < -0.39 is 0 Å². The maximum Gasteiger partial charge on any atom is 0.147 e. The summed E-state index contributed by atoms with van der Waals surface area (Å²) in [6.07, 6.45) is 13.7. The summed E-state index contributed by atoms with van der Waals surface area (Å²) in [6, 6.07) is 6.77. The smallest absolute Gasteiger partial charge is 0.147 e. The first-order chi connectivity index (χ1) is 14.1. The van der Waals surface area contributed by atoms with Gasteiger partial charge in [0.2, 0.25) is 0 Å². The number of hydrogen-bond acceptors (Lipinski definition) is 5. The summed E-state index contributed by atoms with van der Waals surface area (Å²) in [4.78, 5) is 15.5. The molecule has 2 saturated heterocycles. The molecule has 2 aliphatic rings. The first kappa shape index (κ1) is 18.2. The number of fused-ring (bicyclic) bond motifs is 2. The molecule has 1 aromatic carbocycles. The average Bonchev–Trinajstić information content (AvgIpc) is 3.36. The molecule has 29 heavy (non-hydrogen) atoms. The molecular weight excluding hydrogens is 367 g/mol. The van der Waals surface area contributed by atoms with Crippen molar-refractivity contribution in [1.29, 1.82) is 0 Å². The van der Waals surface area contributed by atoms with Gasteiger partial charge >= 0.3 is 0 Å². The fourth-order valence-corrected chi connectivity index (χ4v) is 4.66. The molecule has 0 spiro atoms. The first-order valence-corrected chi connectivity index (χ1v) is 10.2. The minimum atomic E-state index is -0.272. The summed E-state index contributed by atoms with van der Waals surface area (Å²) >= 11 is 0. The molecule has 2 bridgehead atoms. The van der Waals surface area contributed by atoms with Crippen molar-refractivity contribution in [3.05, 3.63) is 60.7 Å². The fourth-order valence-electron chi connectivity index (χ4n) is 4.66. The van der Waals surface area contributed by atoms with E-state index >= 15 is 0 Å². The van der Waals surface area contributed by atoms with Gasteiger partial charge in [-0.15, -0.1) is 0 Å². The second-order valence-corrected chi connectivity index (χ2v) is 8.22. The Bertz CT molecular complexity index is 959. The van der Waals surface area contributed by atoms with Crippen LogP contribution in [0.5, 0.6) is 0 Å². The van der Waals surface area contributed by atoms with Crippen LogP contribution >= 0.6 is 0 Å². The molecule has 3 atom stereocenters. The monoisotopic (exact) mass is 392 g/mol. The van der Waals surface area contributed by atoms with Gasteiger partial charge in [0.1, 0.15) is 11.6 Å². The van der Waals surface area contributed by atoms with Crippen LogP contribution in [-0.2, 0) is 6.54 Å². The quantitative estimate of drug-likeness (QED) is 0.722. The zero-order valence-corrected chi connectivity index (χ0v) is 16.5. The average molecular weight is 392 g/mol. The number of piperidine rings is 1. The number of benzene rings is 1. The van der Waals surface area contributed by atoms with Crippen molar-refractivity contribution in [2.75, 3.05) is 11.9 Å². The van der Waals surface area contributed by atoms with Crippen molar-refractivity contribution in [2.45, 2.75) is 50.4 Å². The topological polar surface area (TPSA) is 58.9 Å². The summed E-state index contributed by atoms with van der Waals surface area (Å²) in [5.74, 6) is 0.598. The summed E-state index contributed by atoms with van der Waals surface area (Å²) in [7, 11) is 2.10. The van der Waals surface area contributed by atoms with Crippen molar-refractivity contribution in [2.24, 2.45) is 0 Å². The molecule has 2 fully saturated rings. The van der Waals surface area contributed by atoms with E-state index in [1.54, 1.807) is 31.0 Å². The molecule has 7 heteroatoms. The standard InChI is InChI=1S/C22H25FN6/c1-28(20-9-18-2-3-19(10-20)27-18)22-12-25-21(11-26-22)16-6-15(7-17(23)8-16)13-29-5-4-24-14-29/h4-8,11-12,14,18-20,27H,2-3,9-10,13H2,1H3/t18-,19+,20?. The Balaban J connectivity index is 1.34. The minimum absolute atomic E-state index is 0.272. The summed E-state index contributed by atoms with van der Waals surface area (Å²) in [5.41, 5.74) is 2.28. The van der Waals surface area contributed by atoms with E-state index in [0.717, 1.165) is 29.8 Å². The molecular formula is C22H25FN6. The van der Waals surface area contributed by atoms with E-state index in [0.29, 0.717) is 30.4 Å². The van der Waals surface area contributed by atoms with Gasteiger partial charge in [0.05, 0.1) is 24.4 Å². The lowest BCUT2D eigenvalue weighted by molar-refractivity contribution is 0.353. The van der Waals surface area contributed by atoms with Crippen LogP contribution in [0.3, 0.4) is 0 Å². The second kappa shape index (κ2) is 7.55. The van der Waals surface area contributed by atoms with E-state index in [1.807, 2.05) is 16.8 Å². The Labute approximate surface area is 169 Å². The number of halogens is 1. The number of rotatable bonds is 5. The minimum Gasteiger partial charge on any atom is -0.355 e. The third kappa shape index (κ3) is 3.87. The molecule has 2 aliphatic heterocycles. The number of nitrogens with zero attached hydrogens (tertiary/aromatic N) is 5. The Hall–Kier alpha value is -2.80. The van der Waals surface area contributed by atoms with Crippen LogP contribution in [0.25, 0.3) is 11.3 Å². The van der Waals surface area contributed by atoms with Gasteiger partial charge in [-0.3, -0.25) is 4.98 Å². The lowest BCUT2D eigenvalue weighted by Crippen LogP contribution is -2.47. The van der Waals surface area contributed by atoms with Crippen LogP contribution in [-0.4, -0.2) is 44.7 Å². The summed E-state index contributed by atoms with van der Waals surface area (Å²) in [5, 5.41) is 3.68. The number of anilines is 1. The van der Waals surface area contributed by atoms with Crippen molar-refractivity contribution in [3.8, 4) is 11.3 Å². The molecule has 0 radical (unpaired) electrons. The van der Waals surface area contributed by atoms with Gasteiger partial charge in [-0.1, -0.05) is 0 Å². The highest BCUT2D eigenvalue weighted by Crippen LogP contribution is 2.31. The fraction of sp³-hybridized carbons (Fsp3) is 0.409. The van der Waals surface area contributed by atoms with Gasteiger partial charge < -0.3 is 14.8 Å². The molecule has 0 amide bonds. The van der Waals surface area contributed by atoms with Gasteiger partial charge in [-0.25, -0.2) is 14.4 Å². The molecule has 1 N–H and O–H groups in total. The molecule has 5 rings (SSSR count). The highest BCUT2D eigenvalue weighted by Gasteiger charge is 2.35. The van der Waals surface area contributed by atoms with Gasteiger partial charge in [0, 0.05) is 49.7 Å². The Morgan fingerprint density at radius 3 is 2.66 bits per heavy atom. The van der Waals surface area contributed by atoms with Crippen molar-refractivity contribution in [1.82, 2.24) is 24.8 Å². The van der Waals surface area contributed by atoms with Crippen LogP contribution in [0.2, 0.25) is 0 Å². The SMILES string of the molecule is CN(c1cnc(-c2cc(F)cc(Cn3ccnc3)c2)cn1)C1C[C@H]2CC[C@@H](C1)N2. The van der Waals surface area contributed by atoms with E-state index in [-0.39, 0.29) is 5.82 Å².